The van der Waals surface area contributed by atoms with Crippen molar-refractivity contribution in [1.82, 2.24) is 15.4 Å². The van der Waals surface area contributed by atoms with E-state index < -0.39 is 0 Å². The average Bonchev–Trinajstić information content (AvgIpc) is 3.17. The normalized spacial score (nSPS) is 21.4. The van der Waals surface area contributed by atoms with Gasteiger partial charge in [-0.15, -0.1) is 0 Å². The molecule has 0 saturated carbocycles. The molecule has 7 nitrogen and oxygen atoms in total. The topological polar surface area (TPSA) is 80.0 Å². The Balaban J connectivity index is 2.06. The summed E-state index contributed by atoms with van der Waals surface area (Å²) in [6.45, 7) is 10.8. The molecule has 0 aliphatic carbocycles. The fraction of sp³-hybridized carbons (Fsp3) is 0.706. The number of nitrogens with one attached hydrogen (secondary N) is 1. The van der Waals surface area contributed by atoms with Crippen molar-refractivity contribution in [2.75, 3.05) is 26.7 Å². The maximum absolute atomic E-state index is 11.9. The highest BCUT2D eigenvalue weighted by atomic mass is 16.5. The molecule has 0 amide bonds. The largest absolute Gasteiger partial charge is 0.469 e. The van der Waals surface area contributed by atoms with E-state index in [9.17, 15) is 4.79 Å². The standard InChI is InChI=1S/C17H28N4O3/c1-6-18-17(19-8-13-7-15(11(2)3)20-24-13)21-9-12(4)14(10-21)16(22)23-5/h7,11-12,14H,6,8-10H2,1-5H3,(H,18,19). The molecule has 0 aromatic carbocycles. The third-order valence-electron chi connectivity index (χ3n) is 4.30. The summed E-state index contributed by atoms with van der Waals surface area (Å²) in [4.78, 5) is 18.6. The monoisotopic (exact) mass is 336 g/mol. The quantitative estimate of drug-likeness (QED) is 0.503. The van der Waals surface area contributed by atoms with Gasteiger partial charge in [-0.3, -0.25) is 4.79 Å². The summed E-state index contributed by atoms with van der Waals surface area (Å²) in [5.74, 6) is 1.83. The van der Waals surface area contributed by atoms with Crippen LogP contribution in [0.2, 0.25) is 0 Å². The Morgan fingerprint density at radius 2 is 2.29 bits per heavy atom. The number of hydrogen-bond donors (Lipinski definition) is 1. The second-order valence-electron chi connectivity index (χ2n) is 6.55. The van der Waals surface area contributed by atoms with Crippen LogP contribution < -0.4 is 5.32 Å². The molecule has 1 aromatic rings. The minimum Gasteiger partial charge on any atom is -0.469 e. The van der Waals surface area contributed by atoms with Crippen LogP contribution in [0.5, 0.6) is 0 Å². The number of methoxy groups -OCH3 is 1. The molecule has 24 heavy (non-hydrogen) atoms. The molecule has 1 aliphatic rings. The molecule has 0 spiro atoms. The number of guanidine groups is 1. The number of carbonyl (C=O) groups excluding carboxylic acids is 1. The lowest BCUT2D eigenvalue weighted by atomic mass is 9.99. The molecule has 1 fully saturated rings. The van der Waals surface area contributed by atoms with Gasteiger partial charge in [0.25, 0.3) is 0 Å². The number of nitrogens with zero attached hydrogens (tertiary/aromatic N) is 3. The number of likely N-dealkylation sites (tertiary alicyclic amines) is 1. The number of ether oxygens (including phenoxy) is 1. The number of aromatic nitrogens is 1. The zero-order chi connectivity index (χ0) is 17.7. The van der Waals surface area contributed by atoms with E-state index >= 15 is 0 Å². The molecule has 0 bridgehead atoms. The second-order valence-corrected chi connectivity index (χ2v) is 6.55. The number of aliphatic imine (C=N–C) groups is 1. The summed E-state index contributed by atoms with van der Waals surface area (Å²) in [7, 11) is 1.44. The van der Waals surface area contributed by atoms with E-state index in [0.717, 1.165) is 30.5 Å². The molecule has 2 heterocycles. The molecule has 2 atom stereocenters. The first-order valence-corrected chi connectivity index (χ1v) is 8.52. The van der Waals surface area contributed by atoms with Gasteiger partial charge in [0.2, 0.25) is 0 Å². The first-order valence-electron chi connectivity index (χ1n) is 8.52. The molecule has 2 rings (SSSR count). The van der Waals surface area contributed by atoms with E-state index in [1.54, 1.807) is 0 Å². The van der Waals surface area contributed by atoms with Crippen LogP contribution >= 0.6 is 0 Å². The van der Waals surface area contributed by atoms with E-state index in [1.165, 1.54) is 7.11 Å². The van der Waals surface area contributed by atoms with Crippen molar-refractivity contribution in [1.29, 1.82) is 0 Å². The molecule has 2 unspecified atom stereocenters. The van der Waals surface area contributed by atoms with Crippen molar-refractivity contribution in [2.45, 2.75) is 40.2 Å². The first-order chi connectivity index (χ1) is 11.5. The molecular formula is C17H28N4O3. The number of rotatable bonds is 5. The summed E-state index contributed by atoms with van der Waals surface area (Å²) in [5.41, 5.74) is 0.936. The summed E-state index contributed by atoms with van der Waals surface area (Å²) in [5, 5.41) is 7.34. The number of esters is 1. The van der Waals surface area contributed by atoms with Crippen LogP contribution in [0.25, 0.3) is 0 Å². The van der Waals surface area contributed by atoms with E-state index in [2.05, 4.69) is 41.1 Å². The smallest absolute Gasteiger partial charge is 0.310 e. The van der Waals surface area contributed by atoms with Gasteiger partial charge in [0.15, 0.2) is 11.7 Å². The summed E-state index contributed by atoms with van der Waals surface area (Å²) >= 11 is 0. The second kappa shape index (κ2) is 8.17. The highest BCUT2D eigenvalue weighted by Crippen LogP contribution is 2.24. The maximum Gasteiger partial charge on any atom is 0.310 e. The molecule has 1 saturated heterocycles. The first kappa shape index (κ1) is 18.3. The van der Waals surface area contributed by atoms with Crippen LogP contribution in [0.1, 0.15) is 45.1 Å². The Bertz CT molecular complexity index is 582. The Hall–Kier alpha value is -2.05. The van der Waals surface area contributed by atoms with Crippen LogP contribution in [0.3, 0.4) is 0 Å². The maximum atomic E-state index is 11.9. The lowest BCUT2D eigenvalue weighted by Gasteiger charge is -2.21. The molecule has 1 N–H and O–H groups in total. The van der Waals surface area contributed by atoms with Crippen LogP contribution in [-0.2, 0) is 16.1 Å². The lowest BCUT2D eigenvalue weighted by molar-refractivity contribution is -0.145. The Labute approximate surface area is 143 Å². The van der Waals surface area contributed by atoms with Gasteiger partial charge in [-0.25, -0.2) is 4.99 Å². The SMILES string of the molecule is CCNC(=NCc1cc(C(C)C)no1)N1CC(C)C(C(=O)OC)C1. The Kier molecular flexibility index (Phi) is 6.23. The van der Waals surface area contributed by atoms with Crippen molar-refractivity contribution in [3.63, 3.8) is 0 Å². The predicted octanol–water partition coefficient (Wildman–Crippen LogP) is 2.00. The summed E-state index contributed by atoms with van der Waals surface area (Å²) in [6, 6.07) is 1.95. The Morgan fingerprint density at radius 1 is 1.54 bits per heavy atom. The highest BCUT2D eigenvalue weighted by Gasteiger charge is 2.36. The fourth-order valence-corrected chi connectivity index (χ4v) is 2.85. The molecule has 7 heteroatoms. The van der Waals surface area contributed by atoms with Gasteiger partial charge in [-0.2, -0.15) is 0 Å². The van der Waals surface area contributed by atoms with Crippen LogP contribution in [0.4, 0.5) is 0 Å². The molecule has 1 aromatic heterocycles. The average molecular weight is 336 g/mol. The summed E-state index contributed by atoms with van der Waals surface area (Å²) < 4.78 is 10.2. The van der Waals surface area contributed by atoms with Crippen molar-refractivity contribution in [3.8, 4) is 0 Å². The third-order valence-corrected chi connectivity index (χ3v) is 4.30. The molecular weight excluding hydrogens is 308 g/mol. The highest BCUT2D eigenvalue weighted by molar-refractivity contribution is 5.82. The van der Waals surface area contributed by atoms with Gasteiger partial charge in [-0.1, -0.05) is 25.9 Å². The van der Waals surface area contributed by atoms with E-state index in [0.29, 0.717) is 19.0 Å². The zero-order valence-electron chi connectivity index (χ0n) is 15.2. The van der Waals surface area contributed by atoms with Gasteiger partial charge >= 0.3 is 5.97 Å². The van der Waals surface area contributed by atoms with Crippen molar-refractivity contribution >= 4 is 11.9 Å². The van der Waals surface area contributed by atoms with Crippen molar-refractivity contribution in [3.05, 3.63) is 17.5 Å². The number of carbonyl (C=O) groups is 1. The molecule has 1 aliphatic heterocycles. The van der Waals surface area contributed by atoms with Crippen LogP contribution in [-0.4, -0.2) is 48.7 Å². The van der Waals surface area contributed by atoms with Crippen molar-refractivity contribution in [2.24, 2.45) is 16.8 Å². The molecule has 0 radical (unpaired) electrons. The predicted molar refractivity (Wildman–Crippen MR) is 91.7 cm³/mol. The minimum atomic E-state index is -0.155. The van der Waals surface area contributed by atoms with E-state index in [-0.39, 0.29) is 17.8 Å². The number of hydrogen-bond acceptors (Lipinski definition) is 5. The van der Waals surface area contributed by atoms with Gasteiger partial charge in [-0.05, 0) is 18.8 Å². The van der Waals surface area contributed by atoms with Crippen molar-refractivity contribution < 1.29 is 14.1 Å². The lowest BCUT2D eigenvalue weighted by Crippen LogP contribution is -2.40. The Morgan fingerprint density at radius 3 is 2.88 bits per heavy atom. The van der Waals surface area contributed by atoms with Gasteiger partial charge in [0.05, 0.1) is 18.7 Å². The van der Waals surface area contributed by atoms with Gasteiger partial charge in [0, 0.05) is 25.7 Å². The zero-order valence-corrected chi connectivity index (χ0v) is 15.2. The van der Waals surface area contributed by atoms with Gasteiger partial charge in [0.1, 0.15) is 6.54 Å². The molecule has 134 valence electrons. The van der Waals surface area contributed by atoms with Gasteiger partial charge < -0.3 is 19.5 Å². The minimum absolute atomic E-state index is 0.114. The van der Waals surface area contributed by atoms with Crippen LogP contribution in [0, 0.1) is 11.8 Å². The third kappa shape index (κ3) is 4.27. The van der Waals surface area contributed by atoms with Crippen LogP contribution in [0.15, 0.2) is 15.6 Å². The van der Waals surface area contributed by atoms with E-state index in [4.69, 9.17) is 9.26 Å². The van der Waals surface area contributed by atoms with E-state index in [1.807, 2.05) is 13.0 Å². The summed E-state index contributed by atoms with van der Waals surface area (Å²) in [6.07, 6.45) is 0. The fourth-order valence-electron chi connectivity index (χ4n) is 2.85.